The first-order chi connectivity index (χ1) is 12.5. The minimum atomic E-state index is -4.67. The molecule has 132 valence electrons. The van der Waals surface area contributed by atoms with Gasteiger partial charge in [0.05, 0.1) is 17.8 Å². The zero-order chi connectivity index (χ0) is 18.1. The van der Waals surface area contributed by atoms with E-state index in [2.05, 4.69) is 30.1 Å². The van der Waals surface area contributed by atoms with E-state index in [4.69, 9.17) is 0 Å². The predicted molar refractivity (Wildman–Crippen MR) is 85.0 cm³/mol. The summed E-state index contributed by atoms with van der Waals surface area (Å²) in [7, 11) is 0. The van der Waals surface area contributed by atoms with Crippen LogP contribution < -0.4 is 5.32 Å². The van der Waals surface area contributed by atoms with E-state index in [0.29, 0.717) is 23.6 Å². The summed E-state index contributed by atoms with van der Waals surface area (Å²) in [5.74, 6) is -0.857. The van der Waals surface area contributed by atoms with Gasteiger partial charge in [0, 0.05) is 24.0 Å². The second-order valence-corrected chi connectivity index (χ2v) is 5.41. The summed E-state index contributed by atoms with van der Waals surface area (Å²) in [4.78, 5) is 7.52. The third-order valence-corrected chi connectivity index (χ3v) is 3.57. The van der Waals surface area contributed by atoms with Crippen molar-refractivity contribution >= 4 is 11.3 Å². The second kappa shape index (κ2) is 6.14. The van der Waals surface area contributed by atoms with E-state index in [-0.39, 0.29) is 5.82 Å². The number of alkyl halides is 3. The average Bonchev–Trinajstić information content (AvgIpc) is 3.27. The molecule has 0 radical (unpaired) electrons. The molecular weight excluding hydrogens is 349 g/mol. The predicted octanol–water partition coefficient (Wildman–Crippen LogP) is 3.41. The number of nitrogens with zero attached hydrogens (tertiary/aromatic N) is 5. The number of fused-ring (bicyclic) bond motifs is 1. The Balaban J connectivity index is 1.45. The number of hydrogen-bond donors (Lipinski definition) is 1. The van der Waals surface area contributed by atoms with Crippen LogP contribution in [-0.4, -0.2) is 24.7 Å². The van der Waals surface area contributed by atoms with E-state index < -0.39 is 12.1 Å². The lowest BCUT2D eigenvalue weighted by molar-refractivity contribution is -0.159. The fraction of sp³-hybridized carbons (Fsp3) is 0.125. The Bertz CT molecular complexity index is 1010. The molecule has 0 saturated heterocycles. The highest BCUT2D eigenvalue weighted by Gasteiger charge is 2.38. The third kappa shape index (κ3) is 3.21. The van der Waals surface area contributed by atoms with E-state index in [1.165, 1.54) is 6.20 Å². The van der Waals surface area contributed by atoms with Crippen LogP contribution in [0.25, 0.3) is 16.9 Å². The molecule has 1 N–H and O–H groups in total. The SMILES string of the molecule is FC(F)(F)c1nc(-c2ccc(CNc3cc4ccccn4n3)nc2)no1. The molecule has 0 unspecified atom stereocenters. The van der Waals surface area contributed by atoms with Gasteiger partial charge in [-0.2, -0.15) is 23.3 Å². The summed E-state index contributed by atoms with van der Waals surface area (Å²) in [5, 5.41) is 10.8. The lowest BCUT2D eigenvalue weighted by Crippen LogP contribution is -2.05. The monoisotopic (exact) mass is 360 g/mol. The molecule has 0 aliphatic carbocycles. The minimum Gasteiger partial charge on any atom is -0.363 e. The van der Waals surface area contributed by atoms with Crippen LogP contribution in [0.15, 0.2) is 53.3 Å². The number of anilines is 1. The summed E-state index contributed by atoms with van der Waals surface area (Å²) >= 11 is 0. The Labute approximate surface area is 144 Å². The van der Waals surface area contributed by atoms with Crippen LogP contribution in [0.5, 0.6) is 0 Å². The van der Waals surface area contributed by atoms with Crippen LogP contribution in [0.4, 0.5) is 19.0 Å². The summed E-state index contributed by atoms with van der Waals surface area (Å²) in [6.45, 7) is 0.407. The van der Waals surface area contributed by atoms with E-state index in [0.717, 1.165) is 5.52 Å². The van der Waals surface area contributed by atoms with E-state index in [1.54, 1.807) is 16.6 Å². The van der Waals surface area contributed by atoms with Gasteiger partial charge in [-0.05, 0) is 24.3 Å². The fourth-order valence-electron chi connectivity index (χ4n) is 2.32. The van der Waals surface area contributed by atoms with Crippen molar-refractivity contribution in [1.82, 2.24) is 24.7 Å². The van der Waals surface area contributed by atoms with Crippen molar-refractivity contribution in [3.8, 4) is 11.4 Å². The minimum absolute atomic E-state index is 0.162. The molecule has 0 aromatic carbocycles. The highest BCUT2D eigenvalue weighted by molar-refractivity contribution is 5.56. The maximum atomic E-state index is 12.5. The van der Waals surface area contributed by atoms with Crippen LogP contribution in [0.3, 0.4) is 0 Å². The van der Waals surface area contributed by atoms with Gasteiger partial charge < -0.3 is 9.84 Å². The zero-order valence-electron chi connectivity index (χ0n) is 13.1. The van der Waals surface area contributed by atoms with Crippen LogP contribution >= 0.6 is 0 Å². The molecule has 0 fully saturated rings. The quantitative estimate of drug-likeness (QED) is 0.601. The van der Waals surface area contributed by atoms with E-state index in [1.807, 2.05) is 30.5 Å². The topological polar surface area (TPSA) is 81.1 Å². The molecular formula is C16H11F3N6O. The number of hydrogen-bond acceptors (Lipinski definition) is 6. The maximum Gasteiger partial charge on any atom is 0.471 e. The van der Waals surface area contributed by atoms with E-state index >= 15 is 0 Å². The molecule has 0 atom stereocenters. The van der Waals surface area contributed by atoms with Gasteiger partial charge in [-0.15, -0.1) is 0 Å². The van der Waals surface area contributed by atoms with Gasteiger partial charge in [0.2, 0.25) is 5.82 Å². The highest BCUT2D eigenvalue weighted by Crippen LogP contribution is 2.29. The Hall–Kier alpha value is -3.43. The van der Waals surface area contributed by atoms with Gasteiger partial charge in [-0.25, -0.2) is 4.52 Å². The van der Waals surface area contributed by atoms with Gasteiger partial charge in [0.25, 0.3) is 0 Å². The summed E-state index contributed by atoms with van der Waals surface area (Å²) in [6.07, 6.45) is -1.43. The van der Waals surface area contributed by atoms with Crippen LogP contribution in [0.1, 0.15) is 11.6 Å². The zero-order valence-corrected chi connectivity index (χ0v) is 13.1. The Morgan fingerprint density at radius 2 is 2.04 bits per heavy atom. The number of aromatic nitrogens is 5. The number of pyridine rings is 2. The molecule has 0 saturated carbocycles. The second-order valence-electron chi connectivity index (χ2n) is 5.41. The molecule has 0 bridgehead atoms. The van der Waals surface area contributed by atoms with Gasteiger partial charge in [-0.3, -0.25) is 4.98 Å². The highest BCUT2D eigenvalue weighted by atomic mass is 19.4. The summed E-state index contributed by atoms with van der Waals surface area (Å²) in [5.41, 5.74) is 1.97. The first-order valence-electron chi connectivity index (χ1n) is 7.53. The van der Waals surface area contributed by atoms with Crippen molar-refractivity contribution in [3.63, 3.8) is 0 Å². The standard InChI is InChI=1S/C16H11F3N6O/c17-16(18,19)15-22-14(24-26-15)10-4-5-11(20-8-10)9-21-13-7-12-3-1-2-6-25(12)23-13/h1-8H,9H2,(H,21,23). The summed E-state index contributed by atoms with van der Waals surface area (Å²) < 4.78 is 43.4. The van der Waals surface area contributed by atoms with Crippen molar-refractivity contribution in [3.05, 3.63) is 60.4 Å². The first-order valence-corrected chi connectivity index (χ1v) is 7.53. The molecule has 4 aromatic rings. The van der Waals surface area contributed by atoms with Crippen LogP contribution in [0, 0.1) is 0 Å². The van der Waals surface area contributed by atoms with Crippen molar-refractivity contribution in [2.24, 2.45) is 0 Å². The molecule has 7 nitrogen and oxygen atoms in total. The molecule has 0 aliphatic heterocycles. The third-order valence-electron chi connectivity index (χ3n) is 3.57. The Morgan fingerprint density at radius 3 is 2.73 bits per heavy atom. The molecule has 4 rings (SSSR count). The number of halogens is 3. The Kier molecular flexibility index (Phi) is 3.79. The lowest BCUT2D eigenvalue weighted by atomic mass is 10.2. The molecule has 26 heavy (non-hydrogen) atoms. The Morgan fingerprint density at radius 1 is 1.15 bits per heavy atom. The van der Waals surface area contributed by atoms with Crippen molar-refractivity contribution in [2.75, 3.05) is 5.32 Å². The van der Waals surface area contributed by atoms with Crippen LogP contribution in [0.2, 0.25) is 0 Å². The summed E-state index contributed by atoms with van der Waals surface area (Å²) in [6, 6.07) is 10.9. The molecule has 0 spiro atoms. The molecule has 10 heteroatoms. The van der Waals surface area contributed by atoms with Gasteiger partial charge in [0.15, 0.2) is 0 Å². The normalized spacial score (nSPS) is 11.8. The number of rotatable bonds is 4. The lowest BCUT2D eigenvalue weighted by Gasteiger charge is -2.02. The number of nitrogens with one attached hydrogen (secondary N) is 1. The van der Waals surface area contributed by atoms with Gasteiger partial charge >= 0.3 is 12.1 Å². The molecule has 0 amide bonds. The smallest absolute Gasteiger partial charge is 0.363 e. The fourth-order valence-corrected chi connectivity index (χ4v) is 2.32. The largest absolute Gasteiger partial charge is 0.471 e. The van der Waals surface area contributed by atoms with E-state index in [9.17, 15) is 13.2 Å². The molecule has 4 heterocycles. The van der Waals surface area contributed by atoms with Crippen molar-refractivity contribution < 1.29 is 17.7 Å². The van der Waals surface area contributed by atoms with Gasteiger partial charge in [-0.1, -0.05) is 11.2 Å². The van der Waals surface area contributed by atoms with Crippen molar-refractivity contribution in [1.29, 1.82) is 0 Å². The molecule has 4 aromatic heterocycles. The maximum absolute atomic E-state index is 12.5. The molecule has 0 aliphatic rings. The first kappa shape index (κ1) is 16.1. The average molecular weight is 360 g/mol. The van der Waals surface area contributed by atoms with Crippen molar-refractivity contribution in [2.45, 2.75) is 12.7 Å². The van der Waals surface area contributed by atoms with Gasteiger partial charge in [0.1, 0.15) is 5.82 Å². The van der Waals surface area contributed by atoms with Crippen LogP contribution in [-0.2, 0) is 12.7 Å².